The van der Waals surface area contributed by atoms with E-state index in [0.29, 0.717) is 0 Å². The Labute approximate surface area is 77.8 Å². The van der Waals surface area contributed by atoms with Crippen LogP contribution in [0.1, 0.15) is 0 Å². The van der Waals surface area contributed by atoms with E-state index in [1.54, 1.807) is 0 Å². The third-order valence-electron chi connectivity index (χ3n) is 2.50. The van der Waals surface area contributed by atoms with E-state index in [1.807, 2.05) is 0 Å². The summed E-state index contributed by atoms with van der Waals surface area (Å²) in [6.45, 7) is 0. The fourth-order valence-electron chi connectivity index (χ4n) is 1.90. The molecule has 0 unspecified atom stereocenters. The van der Waals surface area contributed by atoms with Crippen LogP contribution in [0.2, 0.25) is 0 Å². The lowest BCUT2D eigenvalue weighted by Crippen LogP contribution is -2.42. The van der Waals surface area contributed by atoms with Crippen LogP contribution in [0.15, 0.2) is 14.4 Å². The van der Waals surface area contributed by atoms with Gasteiger partial charge in [0.2, 0.25) is 0 Å². The van der Waals surface area contributed by atoms with Gasteiger partial charge in [0, 0.05) is 0 Å². The van der Waals surface area contributed by atoms with Crippen LogP contribution in [0.3, 0.4) is 0 Å². The third-order valence-corrected chi connectivity index (χ3v) is 2.50. The van der Waals surface area contributed by atoms with Crippen LogP contribution in [0.4, 0.5) is 0 Å². The zero-order valence-electron chi connectivity index (χ0n) is 6.91. The molecule has 0 amide bonds. The van der Waals surface area contributed by atoms with E-state index < -0.39 is 17.1 Å². The Bertz CT molecular complexity index is 877. The van der Waals surface area contributed by atoms with Crippen LogP contribution in [0.5, 0.6) is 0 Å². The average Bonchev–Trinajstić information content (AvgIpc) is 2.57. The van der Waals surface area contributed by atoms with Gasteiger partial charge in [-0.25, -0.2) is 18.8 Å². The Kier molecular flexibility index (Phi) is 0.749. The largest absolute Gasteiger partial charge is 0.348 e. The van der Waals surface area contributed by atoms with E-state index in [4.69, 9.17) is 0 Å². The van der Waals surface area contributed by atoms with Gasteiger partial charge in [0.05, 0.1) is 0 Å². The molecule has 0 fully saturated rings. The van der Waals surface area contributed by atoms with Crippen LogP contribution in [0, 0.1) is 0 Å². The summed E-state index contributed by atoms with van der Waals surface area (Å²) < 4.78 is 2.48. The van der Waals surface area contributed by atoms with Crippen molar-refractivity contribution in [2.75, 3.05) is 0 Å². The summed E-state index contributed by atoms with van der Waals surface area (Å²) in [5, 5.41) is 10.5. The number of hydrogen-bond donors (Lipinski definition) is 0. The normalized spacial score (nSPS) is 12.8. The summed E-state index contributed by atoms with van der Waals surface area (Å²) in [5.41, 5.74) is -1.75. The molecular weight excluding hydrogens is 204 g/mol. The summed E-state index contributed by atoms with van der Waals surface area (Å²) in [4.78, 5) is 34.8. The van der Waals surface area contributed by atoms with E-state index in [2.05, 4.69) is 15.4 Å². The van der Waals surface area contributed by atoms with Crippen molar-refractivity contribution < 1.29 is 0 Å². The number of nitrogens with zero attached hydrogens (tertiary/aromatic N) is 6. The predicted molar refractivity (Wildman–Crippen MR) is 45.1 cm³/mol. The lowest BCUT2D eigenvalue weighted by molar-refractivity contribution is 0.761. The maximum atomic E-state index is 11.6. The van der Waals surface area contributed by atoms with Crippen molar-refractivity contribution in [3.05, 3.63) is 31.5 Å². The molecule has 9 heteroatoms. The van der Waals surface area contributed by atoms with Gasteiger partial charge < -0.3 is 0 Å². The molecule has 0 saturated heterocycles. The van der Waals surface area contributed by atoms with Gasteiger partial charge in [-0.2, -0.15) is 8.80 Å². The van der Waals surface area contributed by atoms with Crippen LogP contribution in [-0.4, -0.2) is 28.6 Å². The summed E-state index contributed by atoms with van der Waals surface area (Å²) in [5.74, 6) is 0. The molecule has 0 saturated carbocycles. The smallest absolute Gasteiger partial charge is 0.246 e. The van der Waals surface area contributed by atoms with Gasteiger partial charge in [-0.15, -0.1) is 10.2 Å². The average molecular weight is 204 g/mol. The minimum atomic E-state index is -0.741. The van der Waals surface area contributed by atoms with Gasteiger partial charge >= 0.3 is 17.1 Å². The highest BCUT2D eigenvalue weighted by atomic mass is 16.2. The minimum Gasteiger partial charge on any atom is -0.246 e. The Morgan fingerprint density at radius 3 is 1.73 bits per heavy atom. The highest BCUT2D eigenvalue weighted by Gasteiger charge is 2.27. The van der Waals surface area contributed by atoms with Crippen molar-refractivity contribution in [2.24, 2.45) is 0 Å². The number of aromatic nitrogens is 6. The number of hydrogen-bond acceptors (Lipinski definition) is 6. The molecule has 0 aromatic carbocycles. The highest BCUT2D eigenvalue weighted by Crippen LogP contribution is 2.11. The fraction of sp³-hybridized carbons (Fsp3) is 0. The SMILES string of the molecule is O=c1n2c(=O)n3c(=O)n1c1nnnc2c13. The summed E-state index contributed by atoms with van der Waals surface area (Å²) in [6, 6.07) is 0. The molecule has 0 aliphatic rings. The molecule has 5 rings (SSSR count). The van der Waals surface area contributed by atoms with E-state index in [0.717, 1.165) is 13.2 Å². The second-order valence-corrected chi connectivity index (χ2v) is 3.14. The van der Waals surface area contributed by atoms with E-state index in [9.17, 15) is 14.4 Å². The fourth-order valence-corrected chi connectivity index (χ4v) is 1.90. The first-order valence-electron chi connectivity index (χ1n) is 3.97. The monoisotopic (exact) mass is 204 g/mol. The minimum absolute atomic E-state index is 0.0806. The quantitative estimate of drug-likeness (QED) is 0.303. The van der Waals surface area contributed by atoms with Crippen LogP contribution in [0.25, 0.3) is 16.8 Å². The first kappa shape index (κ1) is 6.81. The van der Waals surface area contributed by atoms with Crippen LogP contribution >= 0.6 is 0 Å². The van der Waals surface area contributed by atoms with Crippen molar-refractivity contribution in [2.45, 2.75) is 0 Å². The molecule has 5 aromatic heterocycles. The zero-order valence-corrected chi connectivity index (χ0v) is 6.91. The van der Waals surface area contributed by atoms with Gasteiger partial charge in [-0.05, 0) is 5.21 Å². The van der Waals surface area contributed by atoms with E-state index in [1.165, 1.54) is 0 Å². The Hall–Kier alpha value is -2.58. The Morgan fingerprint density at radius 2 is 1.20 bits per heavy atom. The topological polar surface area (TPSA) is 103 Å². The van der Waals surface area contributed by atoms with Crippen LogP contribution in [-0.2, 0) is 0 Å². The standard InChI is InChI=1S/C6N6O3/c13-4-10-1-2-7-9-8-3(1)12(5(10)14)6(15)11(2)4. The van der Waals surface area contributed by atoms with Crippen molar-refractivity contribution >= 4 is 16.8 Å². The molecule has 0 aliphatic carbocycles. The maximum Gasteiger partial charge on any atom is 0.348 e. The van der Waals surface area contributed by atoms with Crippen molar-refractivity contribution in [1.82, 2.24) is 28.6 Å². The summed E-state index contributed by atoms with van der Waals surface area (Å²) >= 11 is 0. The van der Waals surface area contributed by atoms with Crippen molar-refractivity contribution in [1.29, 1.82) is 0 Å². The van der Waals surface area contributed by atoms with E-state index in [-0.39, 0.29) is 16.8 Å². The zero-order chi connectivity index (χ0) is 10.3. The van der Waals surface area contributed by atoms with Gasteiger partial charge in [-0.3, -0.25) is 0 Å². The molecular formula is C6N6O3. The van der Waals surface area contributed by atoms with Gasteiger partial charge in [0.1, 0.15) is 5.52 Å². The van der Waals surface area contributed by atoms with Crippen LogP contribution < -0.4 is 17.1 Å². The number of rotatable bonds is 0. The highest BCUT2D eigenvalue weighted by molar-refractivity contribution is 5.87. The molecule has 0 N–H and O–H groups in total. The van der Waals surface area contributed by atoms with Crippen molar-refractivity contribution in [3.8, 4) is 0 Å². The first-order chi connectivity index (χ1) is 7.22. The molecule has 5 aromatic rings. The Balaban J connectivity index is 2.87. The molecule has 0 atom stereocenters. The molecule has 5 heterocycles. The first-order valence-corrected chi connectivity index (χ1v) is 3.97. The molecule has 15 heavy (non-hydrogen) atoms. The third kappa shape index (κ3) is 0.451. The summed E-state index contributed by atoms with van der Waals surface area (Å²) in [7, 11) is 0. The maximum absolute atomic E-state index is 11.6. The second kappa shape index (κ2) is 1.65. The Morgan fingerprint density at radius 1 is 0.733 bits per heavy atom. The lowest BCUT2D eigenvalue weighted by Gasteiger charge is -1.94. The lowest BCUT2D eigenvalue weighted by atomic mass is 10.5. The molecule has 0 aliphatic heterocycles. The molecule has 6 bridgehead atoms. The number of imidazole rings is 2. The second-order valence-electron chi connectivity index (χ2n) is 3.14. The van der Waals surface area contributed by atoms with Gasteiger partial charge in [0.25, 0.3) is 0 Å². The molecule has 0 spiro atoms. The van der Waals surface area contributed by atoms with E-state index >= 15 is 0 Å². The van der Waals surface area contributed by atoms with Gasteiger partial charge in [-0.1, -0.05) is 0 Å². The molecule has 0 radical (unpaired) electrons. The van der Waals surface area contributed by atoms with Gasteiger partial charge in [0.15, 0.2) is 11.3 Å². The molecule has 9 nitrogen and oxygen atoms in total. The summed E-state index contributed by atoms with van der Waals surface area (Å²) in [6.07, 6.45) is 0. The molecule has 72 valence electrons. The van der Waals surface area contributed by atoms with Crippen molar-refractivity contribution in [3.63, 3.8) is 0 Å². The predicted octanol–water partition coefficient (Wildman–Crippen LogP) is -2.98.